The second kappa shape index (κ2) is 9.99. The lowest BCUT2D eigenvalue weighted by Crippen LogP contribution is -2.26. The number of carbonyl (C=O) groups is 1. The molecule has 0 bridgehead atoms. The van der Waals surface area contributed by atoms with E-state index < -0.39 is 5.82 Å². The minimum atomic E-state index is -0.415. The topological polar surface area (TPSA) is 61.7 Å². The van der Waals surface area contributed by atoms with Crippen molar-refractivity contribution in [3.8, 4) is 0 Å². The van der Waals surface area contributed by atoms with Crippen molar-refractivity contribution < 1.29 is 14.3 Å². The summed E-state index contributed by atoms with van der Waals surface area (Å²) in [5.41, 5.74) is 2.74. The Balaban J connectivity index is 1.56. The van der Waals surface area contributed by atoms with Gasteiger partial charge >= 0.3 is 0 Å². The molecule has 0 heterocycles. The van der Waals surface area contributed by atoms with E-state index in [9.17, 15) is 9.18 Å². The highest BCUT2D eigenvalue weighted by atomic mass is 35.5. The molecule has 1 fully saturated rings. The van der Waals surface area contributed by atoms with Crippen molar-refractivity contribution in [3.05, 3.63) is 70.0 Å². The van der Waals surface area contributed by atoms with Crippen LogP contribution >= 0.6 is 11.6 Å². The van der Waals surface area contributed by atoms with Crippen molar-refractivity contribution in [2.75, 3.05) is 13.2 Å². The number of aliphatic hydroxyl groups excluding tert-OH is 1. The van der Waals surface area contributed by atoms with Gasteiger partial charge in [-0.2, -0.15) is 0 Å². The molecule has 3 atom stereocenters. The van der Waals surface area contributed by atoms with Crippen molar-refractivity contribution in [1.29, 1.82) is 0 Å². The molecule has 1 aliphatic carbocycles. The lowest BCUT2D eigenvalue weighted by Gasteiger charge is -2.12. The Bertz CT molecular complexity index is 870. The van der Waals surface area contributed by atoms with Crippen molar-refractivity contribution >= 4 is 23.7 Å². The summed E-state index contributed by atoms with van der Waals surface area (Å²) in [7, 11) is 0. The fourth-order valence-electron chi connectivity index (χ4n) is 3.74. The van der Waals surface area contributed by atoms with Crippen LogP contribution in [0.5, 0.6) is 0 Å². The summed E-state index contributed by atoms with van der Waals surface area (Å²) in [6, 6.07) is 12.4. The average molecular weight is 417 g/mol. The zero-order valence-electron chi connectivity index (χ0n) is 16.4. The number of nitrogens with zero attached hydrogens (tertiary/aromatic N) is 1. The van der Waals surface area contributed by atoms with Crippen molar-refractivity contribution in [2.24, 2.45) is 10.9 Å². The number of hydrogen-bond donors (Lipinski definition) is 2. The van der Waals surface area contributed by atoms with E-state index >= 15 is 0 Å². The molecular formula is C23H26ClFN2O2. The van der Waals surface area contributed by atoms with Crippen LogP contribution in [0.4, 0.5) is 4.39 Å². The van der Waals surface area contributed by atoms with Gasteiger partial charge in [0.25, 0.3) is 5.91 Å². The number of rotatable bonds is 7. The second-order valence-corrected chi connectivity index (χ2v) is 7.93. The van der Waals surface area contributed by atoms with Crippen LogP contribution in [0.1, 0.15) is 59.6 Å². The highest BCUT2D eigenvalue weighted by Crippen LogP contribution is 2.38. The average Bonchev–Trinajstić information content (AvgIpc) is 3.21. The predicted molar refractivity (Wildman–Crippen MR) is 114 cm³/mol. The molecule has 0 radical (unpaired) electrons. The van der Waals surface area contributed by atoms with Crippen LogP contribution in [0.25, 0.3) is 0 Å². The number of amides is 1. The van der Waals surface area contributed by atoms with Crippen molar-refractivity contribution in [1.82, 2.24) is 5.32 Å². The molecule has 0 aromatic heterocycles. The monoisotopic (exact) mass is 416 g/mol. The molecule has 1 aliphatic rings. The molecule has 6 heteroatoms. The van der Waals surface area contributed by atoms with E-state index in [4.69, 9.17) is 16.7 Å². The smallest absolute Gasteiger partial charge is 0.251 e. The molecule has 2 aromatic rings. The van der Waals surface area contributed by atoms with E-state index in [1.165, 1.54) is 11.6 Å². The molecule has 0 spiro atoms. The van der Waals surface area contributed by atoms with Crippen LogP contribution in [0.3, 0.4) is 0 Å². The summed E-state index contributed by atoms with van der Waals surface area (Å²) in [4.78, 5) is 16.6. The van der Waals surface area contributed by atoms with Gasteiger partial charge in [0.15, 0.2) is 0 Å². The summed E-state index contributed by atoms with van der Waals surface area (Å²) < 4.78 is 13.3. The Morgan fingerprint density at radius 3 is 2.76 bits per heavy atom. The van der Waals surface area contributed by atoms with E-state index in [-0.39, 0.29) is 30.1 Å². The number of aliphatic imine (C=N–C) groups is 1. The first-order chi connectivity index (χ1) is 14.0. The van der Waals surface area contributed by atoms with Crippen molar-refractivity contribution in [2.45, 2.75) is 38.1 Å². The Morgan fingerprint density at radius 1 is 1.31 bits per heavy atom. The Morgan fingerprint density at radius 2 is 2.07 bits per heavy atom. The van der Waals surface area contributed by atoms with Crippen LogP contribution < -0.4 is 5.32 Å². The SMILES string of the molecule is C[C@@H](N=CC1CC[C@H](c2ccc(C(=O)NCCO)cc2)C1)c1ccc(F)c(Cl)c1. The normalized spacial score (nSPS) is 20.1. The number of hydrogen-bond acceptors (Lipinski definition) is 3. The van der Waals surface area contributed by atoms with Gasteiger partial charge in [-0.1, -0.05) is 29.8 Å². The number of halogens is 2. The van der Waals surface area contributed by atoms with E-state index in [1.807, 2.05) is 37.4 Å². The van der Waals surface area contributed by atoms with Gasteiger partial charge in [-0.3, -0.25) is 9.79 Å². The molecule has 2 aromatic carbocycles. The highest BCUT2D eigenvalue weighted by molar-refractivity contribution is 6.30. The molecular weight excluding hydrogens is 391 g/mol. The van der Waals surface area contributed by atoms with Crippen LogP contribution in [0, 0.1) is 11.7 Å². The summed E-state index contributed by atoms with van der Waals surface area (Å²) >= 11 is 5.86. The summed E-state index contributed by atoms with van der Waals surface area (Å²) in [5, 5.41) is 11.6. The molecule has 4 nitrogen and oxygen atoms in total. The number of nitrogens with one attached hydrogen (secondary N) is 1. The largest absolute Gasteiger partial charge is 0.395 e. The first kappa shape index (κ1) is 21.5. The van der Waals surface area contributed by atoms with Gasteiger partial charge in [-0.25, -0.2) is 4.39 Å². The fourth-order valence-corrected chi connectivity index (χ4v) is 3.93. The van der Waals surface area contributed by atoms with Gasteiger partial charge in [0.05, 0.1) is 17.7 Å². The quantitative estimate of drug-likeness (QED) is 0.629. The second-order valence-electron chi connectivity index (χ2n) is 7.52. The predicted octanol–water partition coefficient (Wildman–Crippen LogP) is 4.92. The van der Waals surface area contributed by atoms with Crippen LogP contribution in [0.15, 0.2) is 47.5 Å². The molecule has 154 valence electrons. The van der Waals surface area contributed by atoms with Gasteiger partial charge in [0.1, 0.15) is 5.82 Å². The maximum atomic E-state index is 13.3. The lowest BCUT2D eigenvalue weighted by molar-refractivity contribution is 0.0944. The van der Waals surface area contributed by atoms with Gasteiger partial charge < -0.3 is 10.4 Å². The van der Waals surface area contributed by atoms with Crippen LogP contribution in [0.2, 0.25) is 5.02 Å². The molecule has 2 N–H and O–H groups in total. The molecule has 0 aliphatic heterocycles. The van der Waals surface area contributed by atoms with Crippen LogP contribution in [-0.2, 0) is 0 Å². The van der Waals surface area contributed by atoms with Gasteiger partial charge in [-0.15, -0.1) is 0 Å². The fraction of sp³-hybridized carbons (Fsp3) is 0.391. The first-order valence-electron chi connectivity index (χ1n) is 9.95. The maximum Gasteiger partial charge on any atom is 0.251 e. The highest BCUT2D eigenvalue weighted by Gasteiger charge is 2.25. The van der Waals surface area contributed by atoms with Gasteiger partial charge in [0.2, 0.25) is 0 Å². The molecule has 1 saturated carbocycles. The lowest BCUT2D eigenvalue weighted by atomic mass is 9.95. The number of aliphatic hydroxyl groups is 1. The van der Waals surface area contributed by atoms with E-state index in [1.54, 1.807) is 12.1 Å². The van der Waals surface area contributed by atoms with Crippen molar-refractivity contribution in [3.63, 3.8) is 0 Å². The third kappa shape index (κ3) is 5.64. The van der Waals surface area contributed by atoms with E-state index in [2.05, 4.69) is 10.3 Å². The Labute approximate surface area is 175 Å². The third-order valence-corrected chi connectivity index (χ3v) is 5.75. The first-order valence-corrected chi connectivity index (χ1v) is 10.3. The molecule has 3 rings (SSSR count). The number of benzene rings is 2. The third-order valence-electron chi connectivity index (χ3n) is 5.46. The Hall–Kier alpha value is -2.24. The van der Waals surface area contributed by atoms with E-state index in [0.29, 0.717) is 17.4 Å². The zero-order chi connectivity index (χ0) is 20.8. The molecule has 1 unspecified atom stereocenters. The summed E-state index contributed by atoms with van der Waals surface area (Å²) in [6.07, 6.45) is 5.21. The number of carbonyl (C=O) groups excluding carboxylic acids is 1. The summed E-state index contributed by atoms with van der Waals surface area (Å²) in [5.74, 6) is 0.279. The molecule has 0 saturated heterocycles. The van der Waals surface area contributed by atoms with Gasteiger partial charge in [0, 0.05) is 18.3 Å². The summed E-state index contributed by atoms with van der Waals surface area (Å²) in [6.45, 7) is 2.17. The van der Waals surface area contributed by atoms with Crippen LogP contribution in [-0.4, -0.2) is 30.4 Å². The van der Waals surface area contributed by atoms with E-state index in [0.717, 1.165) is 24.8 Å². The minimum Gasteiger partial charge on any atom is -0.395 e. The Kier molecular flexibility index (Phi) is 7.40. The van der Waals surface area contributed by atoms with Gasteiger partial charge in [-0.05, 0) is 73.4 Å². The maximum absolute atomic E-state index is 13.3. The molecule has 29 heavy (non-hydrogen) atoms. The molecule has 1 amide bonds. The zero-order valence-corrected chi connectivity index (χ0v) is 17.2. The minimum absolute atomic E-state index is 0.0659. The standard InChI is InChI=1S/C23H26ClFN2O2/c1-15(19-8-9-22(25)21(24)13-19)27-14-16-2-3-20(12-16)17-4-6-18(7-5-17)23(29)26-10-11-28/h4-9,13-16,20,28H,2-3,10-12H2,1H3,(H,26,29)/t15-,16?,20+/m1/s1.